The standard InChI is InChI=1S/C17H22ClNOS/c1-13(2)14-6-5-7-16(10-14)20-9-4-3-8-17-19-15(11-18)12-21-17/h5-7,10,12-13H,3-4,8-9,11H2,1-2H3. The second kappa shape index (κ2) is 8.40. The molecule has 1 heterocycles. The number of alkyl halides is 1. The second-order valence-corrected chi connectivity index (χ2v) is 6.61. The number of hydrogen-bond donors (Lipinski definition) is 0. The minimum Gasteiger partial charge on any atom is -0.494 e. The Bertz CT molecular complexity index is 553. The average molecular weight is 324 g/mol. The van der Waals surface area contributed by atoms with Crippen molar-refractivity contribution in [3.63, 3.8) is 0 Å². The van der Waals surface area contributed by atoms with E-state index in [1.807, 2.05) is 11.4 Å². The SMILES string of the molecule is CC(C)c1cccc(OCCCCc2nc(CCl)cs2)c1. The fourth-order valence-electron chi connectivity index (χ4n) is 2.06. The number of rotatable bonds is 8. The van der Waals surface area contributed by atoms with Gasteiger partial charge in [-0.05, 0) is 42.9 Å². The first-order valence-electron chi connectivity index (χ1n) is 7.41. The van der Waals surface area contributed by atoms with Crippen molar-refractivity contribution in [2.45, 2.75) is 44.9 Å². The van der Waals surface area contributed by atoms with Crippen molar-refractivity contribution in [3.05, 3.63) is 45.9 Å². The zero-order valence-corrected chi connectivity index (χ0v) is 14.2. The minimum absolute atomic E-state index is 0.506. The summed E-state index contributed by atoms with van der Waals surface area (Å²) in [6, 6.07) is 8.38. The fourth-order valence-corrected chi connectivity index (χ4v) is 3.13. The van der Waals surface area contributed by atoms with Crippen LogP contribution < -0.4 is 4.74 Å². The fraction of sp³-hybridized carbons (Fsp3) is 0.471. The van der Waals surface area contributed by atoms with Crippen LogP contribution in [0.25, 0.3) is 0 Å². The van der Waals surface area contributed by atoms with Gasteiger partial charge >= 0.3 is 0 Å². The van der Waals surface area contributed by atoms with Gasteiger partial charge in [-0.1, -0.05) is 26.0 Å². The van der Waals surface area contributed by atoms with Crippen molar-refractivity contribution in [1.82, 2.24) is 4.98 Å². The Kier molecular flexibility index (Phi) is 6.52. The predicted molar refractivity (Wildman–Crippen MR) is 90.6 cm³/mol. The molecular weight excluding hydrogens is 302 g/mol. The number of aryl methyl sites for hydroxylation is 1. The van der Waals surface area contributed by atoms with E-state index >= 15 is 0 Å². The van der Waals surface area contributed by atoms with Gasteiger partial charge in [-0.15, -0.1) is 22.9 Å². The van der Waals surface area contributed by atoms with Crippen LogP contribution in [-0.4, -0.2) is 11.6 Å². The molecule has 0 aliphatic rings. The molecule has 0 aliphatic heterocycles. The molecule has 0 saturated heterocycles. The molecule has 0 unspecified atom stereocenters. The van der Waals surface area contributed by atoms with Crippen LogP contribution in [0.4, 0.5) is 0 Å². The molecule has 0 saturated carbocycles. The van der Waals surface area contributed by atoms with Crippen LogP contribution >= 0.6 is 22.9 Å². The molecule has 4 heteroatoms. The van der Waals surface area contributed by atoms with Crippen LogP contribution in [0.2, 0.25) is 0 Å². The van der Waals surface area contributed by atoms with Crippen molar-refractivity contribution >= 4 is 22.9 Å². The summed E-state index contributed by atoms with van der Waals surface area (Å²) in [5, 5.41) is 3.21. The Hall–Kier alpha value is -1.06. The van der Waals surface area contributed by atoms with Crippen LogP contribution in [0.5, 0.6) is 5.75 Å². The van der Waals surface area contributed by atoms with Crippen molar-refractivity contribution in [3.8, 4) is 5.75 Å². The number of unbranched alkanes of at least 4 members (excludes halogenated alkanes) is 1. The average Bonchev–Trinajstić information content (AvgIpc) is 2.95. The lowest BCUT2D eigenvalue weighted by Gasteiger charge is -2.09. The summed E-state index contributed by atoms with van der Waals surface area (Å²) in [6.07, 6.45) is 3.15. The van der Waals surface area contributed by atoms with E-state index in [1.54, 1.807) is 11.3 Å². The molecule has 0 amide bonds. The number of halogens is 1. The third-order valence-electron chi connectivity index (χ3n) is 3.31. The summed E-state index contributed by atoms with van der Waals surface area (Å²) < 4.78 is 5.82. The first-order valence-corrected chi connectivity index (χ1v) is 8.82. The molecule has 0 N–H and O–H groups in total. The molecule has 1 aromatic heterocycles. The van der Waals surface area contributed by atoms with E-state index in [0.717, 1.165) is 37.3 Å². The molecule has 2 aromatic rings. The van der Waals surface area contributed by atoms with E-state index in [9.17, 15) is 0 Å². The number of thiazole rings is 1. The van der Waals surface area contributed by atoms with Gasteiger partial charge in [0, 0.05) is 5.38 Å². The first kappa shape index (κ1) is 16.3. The lowest BCUT2D eigenvalue weighted by molar-refractivity contribution is 0.306. The molecule has 0 radical (unpaired) electrons. The third-order valence-corrected chi connectivity index (χ3v) is 4.55. The Morgan fingerprint density at radius 2 is 2.14 bits per heavy atom. The summed E-state index contributed by atoms with van der Waals surface area (Å²) in [7, 11) is 0. The van der Waals surface area contributed by atoms with E-state index in [1.165, 1.54) is 10.6 Å². The van der Waals surface area contributed by atoms with Crippen molar-refractivity contribution in [1.29, 1.82) is 0 Å². The van der Waals surface area contributed by atoms with E-state index < -0.39 is 0 Å². The zero-order chi connectivity index (χ0) is 15.1. The van der Waals surface area contributed by atoms with Gasteiger partial charge in [0.1, 0.15) is 5.75 Å². The van der Waals surface area contributed by atoms with Gasteiger partial charge in [0.15, 0.2) is 0 Å². The largest absolute Gasteiger partial charge is 0.494 e. The number of hydrogen-bond acceptors (Lipinski definition) is 3. The summed E-state index contributed by atoms with van der Waals surface area (Å²) in [5.74, 6) is 2.01. The molecule has 21 heavy (non-hydrogen) atoms. The molecule has 0 spiro atoms. The Morgan fingerprint density at radius 3 is 2.86 bits per heavy atom. The molecule has 114 valence electrons. The van der Waals surface area contributed by atoms with Gasteiger partial charge in [-0.3, -0.25) is 0 Å². The van der Waals surface area contributed by atoms with Gasteiger partial charge in [-0.2, -0.15) is 0 Å². The highest BCUT2D eigenvalue weighted by Crippen LogP contribution is 2.20. The lowest BCUT2D eigenvalue weighted by atomic mass is 10.0. The number of nitrogens with zero attached hydrogens (tertiary/aromatic N) is 1. The highest BCUT2D eigenvalue weighted by molar-refractivity contribution is 7.09. The lowest BCUT2D eigenvalue weighted by Crippen LogP contribution is -1.99. The summed E-state index contributed by atoms with van der Waals surface area (Å²) in [5.41, 5.74) is 2.31. The molecular formula is C17H22ClNOS. The van der Waals surface area contributed by atoms with Crippen molar-refractivity contribution in [2.75, 3.05) is 6.61 Å². The molecule has 1 aromatic carbocycles. The van der Waals surface area contributed by atoms with Gasteiger partial charge < -0.3 is 4.74 Å². The van der Waals surface area contributed by atoms with Crippen LogP contribution in [0, 0.1) is 0 Å². The highest BCUT2D eigenvalue weighted by Gasteiger charge is 2.02. The van der Waals surface area contributed by atoms with Crippen molar-refractivity contribution in [2.24, 2.45) is 0 Å². The van der Waals surface area contributed by atoms with Gasteiger partial charge in [0.25, 0.3) is 0 Å². The first-order chi connectivity index (χ1) is 10.2. The second-order valence-electron chi connectivity index (χ2n) is 5.40. The molecule has 2 rings (SSSR count). The van der Waals surface area contributed by atoms with Crippen LogP contribution in [0.1, 0.15) is 48.9 Å². The summed E-state index contributed by atoms with van der Waals surface area (Å²) in [4.78, 5) is 4.46. The third kappa shape index (κ3) is 5.33. The molecule has 0 aliphatic carbocycles. The maximum Gasteiger partial charge on any atom is 0.119 e. The van der Waals surface area contributed by atoms with Gasteiger partial charge in [0.05, 0.1) is 23.2 Å². The summed E-state index contributed by atoms with van der Waals surface area (Å²) >= 11 is 7.45. The number of aromatic nitrogens is 1. The zero-order valence-electron chi connectivity index (χ0n) is 12.6. The molecule has 0 bridgehead atoms. The molecule has 0 fully saturated rings. The Morgan fingerprint density at radius 1 is 1.29 bits per heavy atom. The van der Waals surface area contributed by atoms with Crippen LogP contribution in [0.3, 0.4) is 0 Å². The smallest absolute Gasteiger partial charge is 0.119 e. The summed E-state index contributed by atoms with van der Waals surface area (Å²) in [6.45, 7) is 5.15. The molecule has 2 nitrogen and oxygen atoms in total. The van der Waals surface area contributed by atoms with E-state index in [4.69, 9.17) is 16.3 Å². The quantitative estimate of drug-likeness (QED) is 0.479. The van der Waals surface area contributed by atoms with E-state index in [0.29, 0.717) is 11.8 Å². The molecule has 0 atom stereocenters. The Balaban J connectivity index is 1.68. The highest BCUT2D eigenvalue weighted by atomic mass is 35.5. The number of ether oxygens (including phenoxy) is 1. The van der Waals surface area contributed by atoms with Crippen molar-refractivity contribution < 1.29 is 4.74 Å². The maximum atomic E-state index is 5.82. The van der Waals surface area contributed by atoms with Gasteiger partial charge in [0.2, 0.25) is 0 Å². The maximum absolute atomic E-state index is 5.82. The van der Waals surface area contributed by atoms with Crippen LogP contribution in [0.15, 0.2) is 29.6 Å². The van der Waals surface area contributed by atoms with E-state index in [-0.39, 0.29) is 0 Å². The number of benzene rings is 1. The minimum atomic E-state index is 0.506. The van der Waals surface area contributed by atoms with E-state index in [2.05, 4.69) is 37.0 Å². The topological polar surface area (TPSA) is 22.1 Å². The van der Waals surface area contributed by atoms with Gasteiger partial charge in [-0.25, -0.2) is 4.98 Å². The van der Waals surface area contributed by atoms with Crippen LogP contribution in [-0.2, 0) is 12.3 Å². The predicted octanol–water partition coefficient (Wildman–Crippen LogP) is 5.41. The Labute approximate surface area is 136 Å². The normalized spacial score (nSPS) is 11.0. The monoisotopic (exact) mass is 323 g/mol.